The largest absolute Gasteiger partial charge is 0.384 e. The fraction of sp³-hybridized carbons (Fsp3) is 0.214. The summed E-state index contributed by atoms with van der Waals surface area (Å²) in [5.41, 5.74) is 6.24. The van der Waals surface area contributed by atoms with Gasteiger partial charge in [-0.3, -0.25) is 0 Å². The van der Waals surface area contributed by atoms with Crippen molar-refractivity contribution in [3.63, 3.8) is 0 Å². The van der Waals surface area contributed by atoms with Crippen LogP contribution in [0.5, 0.6) is 0 Å². The lowest BCUT2D eigenvalue weighted by Gasteiger charge is -2.36. The molecule has 4 aromatic rings. The van der Waals surface area contributed by atoms with Gasteiger partial charge < -0.3 is 9.47 Å². The Morgan fingerprint density at radius 3 is 2.03 bits per heavy atom. The van der Waals surface area contributed by atoms with E-state index >= 15 is 0 Å². The summed E-state index contributed by atoms with van der Waals surface area (Å²) in [5.74, 6) is 0.184. The Labute approximate surface area is 178 Å². The molecule has 0 saturated heterocycles. The van der Waals surface area contributed by atoms with Crippen molar-refractivity contribution in [2.75, 3.05) is 27.4 Å². The van der Waals surface area contributed by atoms with Crippen molar-refractivity contribution in [3.8, 4) is 11.1 Å². The van der Waals surface area contributed by atoms with Gasteiger partial charge in [0.2, 0.25) is 0 Å². The van der Waals surface area contributed by atoms with Crippen LogP contribution in [0.4, 0.5) is 0 Å². The third kappa shape index (κ3) is 2.79. The Balaban J connectivity index is 1.84. The van der Waals surface area contributed by atoms with Crippen molar-refractivity contribution < 1.29 is 9.47 Å². The third-order valence-corrected chi connectivity index (χ3v) is 6.49. The minimum absolute atomic E-state index is 0.184. The molecule has 0 heterocycles. The van der Waals surface area contributed by atoms with Crippen molar-refractivity contribution >= 4 is 10.8 Å². The first-order chi connectivity index (χ1) is 14.8. The SMILES string of the molecule is COCC1(COC)c2ccc(-c3ccccc3)c3cccc(c23)C1c1ccccc1. The van der Waals surface area contributed by atoms with Gasteiger partial charge >= 0.3 is 0 Å². The van der Waals surface area contributed by atoms with Crippen molar-refractivity contribution in [1.82, 2.24) is 0 Å². The van der Waals surface area contributed by atoms with Crippen LogP contribution in [0.25, 0.3) is 21.9 Å². The molecule has 0 N–H and O–H groups in total. The summed E-state index contributed by atoms with van der Waals surface area (Å²) in [6, 6.07) is 32.7. The number of benzene rings is 4. The summed E-state index contributed by atoms with van der Waals surface area (Å²) in [4.78, 5) is 0. The van der Waals surface area contributed by atoms with E-state index in [0.717, 1.165) is 0 Å². The van der Waals surface area contributed by atoms with Crippen LogP contribution in [0.15, 0.2) is 91.0 Å². The zero-order valence-corrected chi connectivity index (χ0v) is 17.5. The van der Waals surface area contributed by atoms with Crippen LogP contribution >= 0.6 is 0 Å². The first kappa shape index (κ1) is 19.0. The normalized spacial score (nSPS) is 16.8. The second-order valence-corrected chi connectivity index (χ2v) is 8.16. The van der Waals surface area contributed by atoms with E-state index in [1.165, 1.54) is 38.6 Å². The van der Waals surface area contributed by atoms with Gasteiger partial charge in [0.1, 0.15) is 0 Å². The Morgan fingerprint density at radius 2 is 1.37 bits per heavy atom. The lowest BCUT2D eigenvalue weighted by atomic mass is 9.71. The van der Waals surface area contributed by atoms with Gasteiger partial charge in [-0.25, -0.2) is 0 Å². The van der Waals surface area contributed by atoms with Crippen LogP contribution < -0.4 is 0 Å². The first-order valence-corrected chi connectivity index (χ1v) is 10.4. The second-order valence-electron chi connectivity index (χ2n) is 8.16. The second kappa shape index (κ2) is 7.71. The van der Waals surface area contributed by atoms with Crippen molar-refractivity contribution in [1.29, 1.82) is 0 Å². The molecule has 1 aliphatic carbocycles. The molecule has 0 amide bonds. The summed E-state index contributed by atoms with van der Waals surface area (Å²) < 4.78 is 11.7. The van der Waals surface area contributed by atoms with Crippen LogP contribution in [-0.4, -0.2) is 27.4 Å². The van der Waals surface area contributed by atoms with Crippen molar-refractivity contribution in [2.24, 2.45) is 0 Å². The molecule has 0 spiro atoms. The molecule has 0 aliphatic heterocycles. The number of methoxy groups -OCH3 is 2. The highest BCUT2D eigenvalue weighted by molar-refractivity contribution is 6.03. The van der Waals surface area contributed by atoms with Gasteiger partial charge in [0, 0.05) is 20.1 Å². The topological polar surface area (TPSA) is 18.5 Å². The predicted molar refractivity (Wildman–Crippen MR) is 123 cm³/mol. The zero-order chi connectivity index (χ0) is 20.6. The number of ether oxygens (including phenoxy) is 2. The maximum atomic E-state index is 5.83. The van der Waals surface area contributed by atoms with Gasteiger partial charge in [-0.05, 0) is 38.6 Å². The minimum atomic E-state index is -0.262. The van der Waals surface area contributed by atoms with E-state index in [2.05, 4.69) is 91.0 Å². The number of hydrogen-bond donors (Lipinski definition) is 0. The fourth-order valence-corrected chi connectivity index (χ4v) is 5.44. The molecule has 150 valence electrons. The molecule has 2 nitrogen and oxygen atoms in total. The van der Waals surface area contributed by atoms with Crippen molar-refractivity contribution in [2.45, 2.75) is 11.3 Å². The standard InChI is InChI=1S/C28H26O2/c1-29-18-28(19-30-2)25-17-16-22(20-10-5-3-6-11-20)23-14-9-15-24(26(23)25)27(28)21-12-7-4-8-13-21/h3-17,27H,18-19H2,1-2H3. The Morgan fingerprint density at radius 1 is 0.700 bits per heavy atom. The van der Waals surface area contributed by atoms with E-state index in [4.69, 9.17) is 9.47 Å². The van der Waals surface area contributed by atoms with Gasteiger partial charge in [0.15, 0.2) is 0 Å². The van der Waals surface area contributed by atoms with E-state index < -0.39 is 0 Å². The summed E-state index contributed by atoms with van der Waals surface area (Å²) in [6.07, 6.45) is 0. The summed E-state index contributed by atoms with van der Waals surface area (Å²) in [7, 11) is 3.58. The predicted octanol–water partition coefficient (Wildman–Crippen LogP) is 6.18. The highest BCUT2D eigenvalue weighted by Gasteiger charge is 2.49. The summed E-state index contributed by atoms with van der Waals surface area (Å²) in [5, 5.41) is 2.65. The van der Waals surface area contributed by atoms with Gasteiger partial charge in [-0.15, -0.1) is 0 Å². The molecule has 0 saturated carbocycles. The van der Waals surface area contributed by atoms with Crippen LogP contribution in [0.2, 0.25) is 0 Å². The molecular weight excluding hydrogens is 368 g/mol. The monoisotopic (exact) mass is 394 g/mol. The molecule has 0 fully saturated rings. The average Bonchev–Trinajstić information content (AvgIpc) is 3.07. The lowest BCUT2D eigenvalue weighted by Crippen LogP contribution is -2.40. The highest BCUT2D eigenvalue weighted by Crippen LogP contribution is 2.55. The maximum absolute atomic E-state index is 5.83. The Hall–Kier alpha value is -2.94. The first-order valence-electron chi connectivity index (χ1n) is 10.4. The molecule has 30 heavy (non-hydrogen) atoms. The minimum Gasteiger partial charge on any atom is -0.384 e. The maximum Gasteiger partial charge on any atom is 0.0590 e. The molecule has 1 unspecified atom stereocenters. The third-order valence-electron chi connectivity index (χ3n) is 6.49. The van der Waals surface area contributed by atoms with Gasteiger partial charge in [0.05, 0.1) is 18.6 Å². The Bertz CT molecular complexity index is 1160. The zero-order valence-electron chi connectivity index (χ0n) is 17.5. The van der Waals surface area contributed by atoms with Gasteiger partial charge in [0.25, 0.3) is 0 Å². The summed E-state index contributed by atoms with van der Waals surface area (Å²) >= 11 is 0. The number of rotatable bonds is 6. The molecule has 5 rings (SSSR count). The molecule has 0 bridgehead atoms. The Kier molecular flexibility index (Phi) is 4.90. The molecule has 0 aromatic heterocycles. The lowest BCUT2D eigenvalue weighted by molar-refractivity contribution is 0.0537. The van der Waals surface area contributed by atoms with E-state index in [1.54, 1.807) is 14.2 Å². The quantitative estimate of drug-likeness (QED) is 0.389. The van der Waals surface area contributed by atoms with E-state index in [0.29, 0.717) is 13.2 Å². The molecule has 2 heteroatoms. The van der Waals surface area contributed by atoms with Gasteiger partial charge in [-0.1, -0.05) is 91.0 Å². The van der Waals surface area contributed by atoms with E-state index in [9.17, 15) is 0 Å². The fourth-order valence-electron chi connectivity index (χ4n) is 5.44. The molecule has 1 aliphatic rings. The molecule has 0 radical (unpaired) electrons. The molecular formula is C28H26O2. The van der Waals surface area contributed by atoms with Crippen molar-refractivity contribution in [3.05, 3.63) is 108 Å². The summed E-state index contributed by atoms with van der Waals surface area (Å²) in [6.45, 7) is 1.21. The van der Waals surface area contributed by atoms with Crippen LogP contribution in [0.3, 0.4) is 0 Å². The van der Waals surface area contributed by atoms with E-state index in [1.807, 2.05) is 0 Å². The van der Waals surface area contributed by atoms with E-state index in [-0.39, 0.29) is 11.3 Å². The average molecular weight is 395 g/mol. The van der Waals surface area contributed by atoms with Crippen LogP contribution in [0.1, 0.15) is 22.6 Å². The smallest absolute Gasteiger partial charge is 0.0590 e. The molecule has 1 atom stereocenters. The highest BCUT2D eigenvalue weighted by atomic mass is 16.5. The van der Waals surface area contributed by atoms with Crippen LogP contribution in [-0.2, 0) is 14.9 Å². The number of hydrogen-bond acceptors (Lipinski definition) is 2. The van der Waals surface area contributed by atoms with Crippen LogP contribution in [0, 0.1) is 0 Å². The van der Waals surface area contributed by atoms with Gasteiger partial charge in [-0.2, -0.15) is 0 Å². The molecule has 4 aromatic carbocycles.